The van der Waals surface area contributed by atoms with Gasteiger partial charge in [-0.1, -0.05) is 19.8 Å². The minimum absolute atomic E-state index is 0.222. The molecule has 1 aliphatic carbocycles. The Kier molecular flexibility index (Phi) is 3.68. The molecule has 1 saturated heterocycles. The molecule has 0 aromatic carbocycles. The van der Waals surface area contributed by atoms with E-state index in [0.29, 0.717) is 11.9 Å². The quantitative estimate of drug-likeness (QED) is 0.730. The van der Waals surface area contributed by atoms with Crippen LogP contribution in [0.15, 0.2) is 0 Å². The lowest BCUT2D eigenvalue weighted by Gasteiger charge is -2.25. The molecule has 0 aromatic rings. The van der Waals surface area contributed by atoms with Gasteiger partial charge in [-0.3, -0.25) is 4.79 Å². The van der Waals surface area contributed by atoms with Gasteiger partial charge in [0, 0.05) is 5.92 Å². The summed E-state index contributed by atoms with van der Waals surface area (Å²) < 4.78 is 6.24. The van der Waals surface area contributed by atoms with E-state index in [-0.39, 0.29) is 11.5 Å². The number of hydrogen-bond acceptors (Lipinski definition) is 2. The van der Waals surface area contributed by atoms with Gasteiger partial charge in [-0.15, -0.1) is 0 Å². The molecule has 2 nitrogen and oxygen atoms in total. The molecule has 2 rings (SSSR count). The zero-order chi connectivity index (χ0) is 11.6. The van der Waals surface area contributed by atoms with Crippen molar-refractivity contribution >= 4 is 5.78 Å². The number of rotatable bonds is 4. The van der Waals surface area contributed by atoms with Gasteiger partial charge in [0.2, 0.25) is 0 Å². The average molecular weight is 224 g/mol. The molecule has 2 unspecified atom stereocenters. The van der Waals surface area contributed by atoms with Crippen molar-refractivity contribution in [3.8, 4) is 0 Å². The third-order valence-corrected chi connectivity index (χ3v) is 4.47. The average Bonchev–Trinajstić information content (AvgIpc) is 2.86. The lowest BCUT2D eigenvalue weighted by Crippen LogP contribution is -2.26. The molecule has 0 bridgehead atoms. The normalized spacial score (nSPS) is 29.8. The lowest BCUT2D eigenvalue weighted by atomic mass is 9.93. The summed E-state index contributed by atoms with van der Waals surface area (Å²) in [4.78, 5) is 11.4. The van der Waals surface area contributed by atoms with Gasteiger partial charge in [0.15, 0.2) is 0 Å². The van der Waals surface area contributed by atoms with Crippen LogP contribution in [0.5, 0.6) is 0 Å². The number of ketones is 1. The van der Waals surface area contributed by atoms with Crippen LogP contribution in [-0.2, 0) is 9.53 Å². The van der Waals surface area contributed by atoms with E-state index in [4.69, 9.17) is 4.74 Å². The van der Waals surface area contributed by atoms with E-state index >= 15 is 0 Å². The van der Waals surface area contributed by atoms with Crippen molar-refractivity contribution < 1.29 is 9.53 Å². The number of carbonyl (C=O) groups excluding carboxylic acids is 1. The largest absolute Gasteiger partial charge is 0.372 e. The van der Waals surface area contributed by atoms with Crippen molar-refractivity contribution in [3.63, 3.8) is 0 Å². The summed E-state index contributed by atoms with van der Waals surface area (Å²) in [5.74, 6) is 0.556. The maximum Gasteiger partial charge on any atom is 0.132 e. The van der Waals surface area contributed by atoms with E-state index in [0.717, 1.165) is 12.8 Å². The van der Waals surface area contributed by atoms with Crippen LogP contribution in [-0.4, -0.2) is 17.5 Å². The van der Waals surface area contributed by atoms with Gasteiger partial charge < -0.3 is 4.74 Å². The fourth-order valence-corrected chi connectivity index (χ4v) is 3.39. The van der Waals surface area contributed by atoms with Gasteiger partial charge in [0.05, 0.1) is 11.7 Å². The Morgan fingerprint density at radius 1 is 1.38 bits per heavy atom. The molecule has 0 N–H and O–H groups in total. The van der Waals surface area contributed by atoms with Crippen molar-refractivity contribution in [2.75, 3.05) is 0 Å². The summed E-state index contributed by atoms with van der Waals surface area (Å²) in [5, 5.41) is 0. The van der Waals surface area contributed by atoms with Gasteiger partial charge in [-0.05, 0) is 45.4 Å². The molecule has 1 aliphatic heterocycles. The molecular formula is C14H24O2. The van der Waals surface area contributed by atoms with Gasteiger partial charge in [-0.25, -0.2) is 0 Å². The summed E-state index contributed by atoms with van der Waals surface area (Å²) >= 11 is 0. The van der Waals surface area contributed by atoms with Crippen LogP contribution in [0.3, 0.4) is 0 Å². The first-order chi connectivity index (χ1) is 7.65. The van der Waals surface area contributed by atoms with Gasteiger partial charge in [-0.2, -0.15) is 0 Å². The molecule has 16 heavy (non-hydrogen) atoms. The van der Waals surface area contributed by atoms with Crippen molar-refractivity contribution in [3.05, 3.63) is 0 Å². The Morgan fingerprint density at radius 2 is 2.06 bits per heavy atom. The monoisotopic (exact) mass is 224 g/mol. The van der Waals surface area contributed by atoms with Gasteiger partial charge in [0.25, 0.3) is 0 Å². The van der Waals surface area contributed by atoms with Crippen molar-refractivity contribution in [2.45, 2.75) is 76.9 Å². The predicted molar refractivity (Wildman–Crippen MR) is 64.4 cm³/mol. The van der Waals surface area contributed by atoms with Crippen LogP contribution in [0, 0.1) is 5.92 Å². The fourth-order valence-electron chi connectivity index (χ4n) is 3.39. The molecule has 1 spiro atoms. The van der Waals surface area contributed by atoms with Crippen molar-refractivity contribution in [2.24, 2.45) is 5.92 Å². The number of hydrogen-bond donors (Lipinski definition) is 0. The molecule has 2 heteroatoms. The third kappa shape index (κ3) is 2.48. The number of ether oxygens (including phenoxy) is 1. The zero-order valence-electron chi connectivity index (χ0n) is 10.6. The fraction of sp³-hybridized carbons (Fsp3) is 0.929. The molecule has 0 radical (unpaired) electrons. The summed E-state index contributed by atoms with van der Waals surface area (Å²) in [6.07, 6.45) is 9.83. The molecule has 0 aromatic heterocycles. The van der Waals surface area contributed by atoms with Crippen LogP contribution in [0.2, 0.25) is 0 Å². The smallest absolute Gasteiger partial charge is 0.132 e. The molecule has 2 aliphatic rings. The van der Waals surface area contributed by atoms with E-state index < -0.39 is 0 Å². The van der Waals surface area contributed by atoms with Crippen molar-refractivity contribution in [1.29, 1.82) is 0 Å². The Hall–Kier alpha value is -0.370. The van der Waals surface area contributed by atoms with E-state index in [9.17, 15) is 4.79 Å². The highest BCUT2D eigenvalue weighted by Crippen LogP contribution is 2.44. The molecular weight excluding hydrogens is 200 g/mol. The lowest BCUT2D eigenvalue weighted by molar-refractivity contribution is -0.123. The van der Waals surface area contributed by atoms with E-state index in [2.05, 4.69) is 6.92 Å². The molecule has 1 saturated carbocycles. The molecule has 2 atom stereocenters. The minimum Gasteiger partial charge on any atom is -0.372 e. The Labute approximate surface area is 98.7 Å². The van der Waals surface area contributed by atoms with Crippen LogP contribution in [0.25, 0.3) is 0 Å². The number of carbonyl (C=O) groups is 1. The Morgan fingerprint density at radius 3 is 2.62 bits per heavy atom. The second-order valence-corrected chi connectivity index (χ2v) is 5.62. The molecule has 1 heterocycles. The SMILES string of the molecule is CCC(CC1CCC2(CCCC2)O1)C(C)=O. The highest BCUT2D eigenvalue weighted by atomic mass is 16.5. The molecule has 2 fully saturated rings. The summed E-state index contributed by atoms with van der Waals surface area (Å²) in [5.41, 5.74) is 0.222. The van der Waals surface area contributed by atoms with Crippen molar-refractivity contribution in [1.82, 2.24) is 0 Å². The van der Waals surface area contributed by atoms with Crippen LogP contribution in [0.1, 0.15) is 65.2 Å². The second kappa shape index (κ2) is 4.87. The van der Waals surface area contributed by atoms with E-state index in [1.165, 1.54) is 38.5 Å². The molecule has 92 valence electrons. The second-order valence-electron chi connectivity index (χ2n) is 5.62. The van der Waals surface area contributed by atoms with E-state index in [1.807, 2.05) is 0 Å². The topological polar surface area (TPSA) is 26.3 Å². The maximum absolute atomic E-state index is 11.4. The number of Topliss-reactive ketones (excluding diaryl/α,β-unsaturated/α-hetero) is 1. The Bertz CT molecular complexity index is 253. The predicted octanol–water partition coefficient (Wildman–Crippen LogP) is 3.48. The van der Waals surface area contributed by atoms with Gasteiger partial charge in [0.1, 0.15) is 5.78 Å². The van der Waals surface area contributed by atoms with Crippen LogP contribution >= 0.6 is 0 Å². The maximum atomic E-state index is 11.4. The first kappa shape index (κ1) is 12.1. The summed E-state index contributed by atoms with van der Waals surface area (Å²) in [6, 6.07) is 0. The standard InChI is InChI=1S/C14H24O2/c1-3-12(11(2)15)10-13-6-9-14(16-13)7-4-5-8-14/h12-13H,3-10H2,1-2H3. The molecule has 0 amide bonds. The summed E-state index contributed by atoms with van der Waals surface area (Å²) in [6.45, 7) is 3.82. The first-order valence-corrected chi connectivity index (χ1v) is 6.83. The first-order valence-electron chi connectivity index (χ1n) is 6.83. The van der Waals surface area contributed by atoms with Gasteiger partial charge >= 0.3 is 0 Å². The highest BCUT2D eigenvalue weighted by molar-refractivity contribution is 5.78. The third-order valence-electron chi connectivity index (χ3n) is 4.47. The Balaban J connectivity index is 1.86. The van der Waals surface area contributed by atoms with E-state index in [1.54, 1.807) is 6.92 Å². The zero-order valence-corrected chi connectivity index (χ0v) is 10.6. The van der Waals surface area contributed by atoms with Crippen LogP contribution < -0.4 is 0 Å². The minimum atomic E-state index is 0.222. The summed E-state index contributed by atoms with van der Waals surface area (Å²) in [7, 11) is 0. The van der Waals surface area contributed by atoms with Crippen LogP contribution in [0.4, 0.5) is 0 Å². The highest BCUT2D eigenvalue weighted by Gasteiger charge is 2.42.